The van der Waals surface area contributed by atoms with E-state index in [4.69, 9.17) is 4.74 Å². The lowest BCUT2D eigenvalue weighted by atomic mass is 10.1. The Kier molecular flexibility index (Phi) is 3.36. The van der Waals surface area contributed by atoms with Gasteiger partial charge in [-0.1, -0.05) is 0 Å². The molecule has 1 aliphatic rings. The van der Waals surface area contributed by atoms with Crippen LogP contribution in [0.5, 0.6) is 5.75 Å². The lowest BCUT2D eigenvalue weighted by molar-refractivity contribution is 0.101. The number of ketones is 1. The summed E-state index contributed by atoms with van der Waals surface area (Å²) in [6.07, 6.45) is 0. The predicted octanol–water partition coefficient (Wildman–Crippen LogP) is 2.12. The molecular weight excluding hydrogens is 202 g/mol. The minimum absolute atomic E-state index is 0. The minimum atomic E-state index is 0. The first kappa shape index (κ1) is 10.9. The van der Waals surface area contributed by atoms with Crippen molar-refractivity contribution in [2.75, 3.05) is 18.5 Å². The van der Waals surface area contributed by atoms with Crippen molar-refractivity contribution >= 4 is 23.9 Å². The molecular formula is C10H12ClNO2. The number of hydrogen-bond donors (Lipinski definition) is 1. The standard InChI is InChI=1S/C10H11NO2.ClH/c1-7(12)8-2-3-10-9(6-8)11-4-5-13-10;/h2-3,6,11H,4-5H2,1H3;1H. The summed E-state index contributed by atoms with van der Waals surface area (Å²) < 4.78 is 5.38. The van der Waals surface area contributed by atoms with Gasteiger partial charge in [-0.25, -0.2) is 0 Å². The molecule has 1 aromatic carbocycles. The summed E-state index contributed by atoms with van der Waals surface area (Å²) in [6.45, 7) is 3.05. The van der Waals surface area contributed by atoms with E-state index in [-0.39, 0.29) is 18.2 Å². The molecule has 2 rings (SSSR count). The van der Waals surface area contributed by atoms with Gasteiger partial charge < -0.3 is 10.1 Å². The molecule has 1 aliphatic heterocycles. The molecule has 0 atom stereocenters. The van der Waals surface area contributed by atoms with Crippen LogP contribution in [0.3, 0.4) is 0 Å². The largest absolute Gasteiger partial charge is 0.490 e. The van der Waals surface area contributed by atoms with Crippen molar-refractivity contribution in [2.24, 2.45) is 0 Å². The Bertz CT molecular complexity index is 352. The number of anilines is 1. The summed E-state index contributed by atoms with van der Waals surface area (Å²) in [4.78, 5) is 11.1. The highest BCUT2D eigenvalue weighted by Gasteiger charge is 2.10. The average molecular weight is 214 g/mol. The van der Waals surface area contributed by atoms with E-state index in [9.17, 15) is 4.79 Å². The smallest absolute Gasteiger partial charge is 0.159 e. The summed E-state index contributed by atoms with van der Waals surface area (Å²) in [7, 11) is 0. The molecule has 0 unspecified atom stereocenters. The minimum Gasteiger partial charge on any atom is -0.490 e. The van der Waals surface area contributed by atoms with Crippen LogP contribution >= 0.6 is 12.4 Å². The van der Waals surface area contributed by atoms with Gasteiger partial charge in [-0.05, 0) is 25.1 Å². The van der Waals surface area contributed by atoms with Gasteiger partial charge in [0.15, 0.2) is 5.78 Å². The lowest BCUT2D eigenvalue weighted by Gasteiger charge is -2.19. The van der Waals surface area contributed by atoms with E-state index in [1.807, 2.05) is 12.1 Å². The Morgan fingerprint density at radius 1 is 1.50 bits per heavy atom. The maximum atomic E-state index is 11.1. The second kappa shape index (κ2) is 4.33. The molecule has 1 aromatic rings. The normalized spacial score (nSPS) is 12.9. The fourth-order valence-electron chi connectivity index (χ4n) is 1.36. The number of nitrogens with one attached hydrogen (secondary N) is 1. The van der Waals surface area contributed by atoms with Crippen molar-refractivity contribution in [3.8, 4) is 5.75 Å². The Hall–Kier alpha value is -1.22. The lowest BCUT2D eigenvalue weighted by Crippen LogP contribution is -2.18. The number of hydrogen-bond acceptors (Lipinski definition) is 3. The molecule has 0 spiro atoms. The van der Waals surface area contributed by atoms with Crippen LogP contribution in [0.2, 0.25) is 0 Å². The van der Waals surface area contributed by atoms with E-state index in [0.29, 0.717) is 6.61 Å². The molecule has 1 heterocycles. The van der Waals surface area contributed by atoms with Crippen LogP contribution in [-0.4, -0.2) is 18.9 Å². The monoisotopic (exact) mass is 213 g/mol. The Labute approximate surface area is 88.9 Å². The number of halogens is 1. The van der Waals surface area contributed by atoms with E-state index < -0.39 is 0 Å². The van der Waals surface area contributed by atoms with Crippen molar-refractivity contribution < 1.29 is 9.53 Å². The number of rotatable bonds is 1. The summed E-state index contributed by atoms with van der Waals surface area (Å²) in [6, 6.07) is 5.45. The van der Waals surface area contributed by atoms with E-state index >= 15 is 0 Å². The highest BCUT2D eigenvalue weighted by molar-refractivity contribution is 5.95. The summed E-state index contributed by atoms with van der Waals surface area (Å²) >= 11 is 0. The van der Waals surface area contributed by atoms with Crippen molar-refractivity contribution in [1.29, 1.82) is 0 Å². The fraction of sp³-hybridized carbons (Fsp3) is 0.300. The van der Waals surface area contributed by atoms with Gasteiger partial charge in [-0.3, -0.25) is 4.79 Å². The zero-order chi connectivity index (χ0) is 9.26. The van der Waals surface area contributed by atoms with E-state index in [2.05, 4.69) is 5.32 Å². The second-order valence-electron chi connectivity index (χ2n) is 3.04. The Morgan fingerprint density at radius 3 is 3.00 bits per heavy atom. The van der Waals surface area contributed by atoms with Gasteiger partial charge in [0.25, 0.3) is 0 Å². The molecule has 76 valence electrons. The second-order valence-corrected chi connectivity index (χ2v) is 3.04. The summed E-state index contributed by atoms with van der Waals surface area (Å²) in [5, 5.41) is 3.18. The number of carbonyl (C=O) groups excluding carboxylic acids is 1. The summed E-state index contributed by atoms with van der Waals surface area (Å²) in [5.41, 5.74) is 1.63. The van der Waals surface area contributed by atoms with Crippen LogP contribution in [0.1, 0.15) is 17.3 Å². The summed E-state index contributed by atoms with van der Waals surface area (Å²) in [5.74, 6) is 0.909. The Balaban J connectivity index is 0.000000980. The van der Waals surface area contributed by atoms with E-state index in [1.54, 1.807) is 13.0 Å². The molecule has 0 radical (unpaired) electrons. The predicted molar refractivity (Wildman–Crippen MR) is 57.7 cm³/mol. The molecule has 1 N–H and O–H groups in total. The molecule has 4 heteroatoms. The molecule has 0 amide bonds. The van der Waals surface area contributed by atoms with Crippen LogP contribution in [0, 0.1) is 0 Å². The van der Waals surface area contributed by atoms with Gasteiger partial charge in [-0.15, -0.1) is 12.4 Å². The fourth-order valence-corrected chi connectivity index (χ4v) is 1.36. The molecule has 0 aliphatic carbocycles. The van der Waals surface area contributed by atoms with Gasteiger partial charge in [0.2, 0.25) is 0 Å². The zero-order valence-electron chi connectivity index (χ0n) is 7.87. The van der Waals surface area contributed by atoms with Crippen LogP contribution in [0.4, 0.5) is 5.69 Å². The van der Waals surface area contributed by atoms with Crippen molar-refractivity contribution in [1.82, 2.24) is 0 Å². The van der Waals surface area contributed by atoms with Gasteiger partial charge >= 0.3 is 0 Å². The number of Topliss-reactive ketones (excluding diaryl/α,β-unsaturated/α-hetero) is 1. The maximum absolute atomic E-state index is 11.1. The number of ether oxygens (including phenoxy) is 1. The third-order valence-electron chi connectivity index (χ3n) is 2.06. The highest BCUT2D eigenvalue weighted by atomic mass is 35.5. The van der Waals surface area contributed by atoms with E-state index in [0.717, 1.165) is 23.5 Å². The van der Waals surface area contributed by atoms with Crippen molar-refractivity contribution in [3.05, 3.63) is 23.8 Å². The van der Waals surface area contributed by atoms with Gasteiger partial charge in [0.1, 0.15) is 12.4 Å². The molecule has 3 nitrogen and oxygen atoms in total. The number of fused-ring (bicyclic) bond motifs is 1. The number of benzene rings is 1. The first-order chi connectivity index (χ1) is 6.27. The SMILES string of the molecule is CC(=O)c1ccc2c(c1)NCCO2.Cl. The first-order valence-electron chi connectivity index (χ1n) is 4.29. The molecule has 0 aromatic heterocycles. The number of carbonyl (C=O) groups is 1. The topological polar surface area (TPSA) is 38.3 Å². The zero-order valence-corrected chi connectivity index (χ0v) is 8.69. The molecule has 0 saturated carbocycles. The van der Waals surface area contributed by atoms with Crippen molar-refractivity contribution in [3.63, 3.8) is 0 Å². The van der Waals surface area contributed by atoms with Crippen LogP contribution in [0.15, 0.2) is 18.2 Å². The average Bonchev–Trinajstić information content (AvgIpc) is 2.17. The molecule has 0 saturated heterocycles. The molecule has 0 fully saturated rings. The quantitative estimate of drug-likeness (QED) is 0.727. The first-order valence-corrected chi connectivity index (χ1v) is 4.29. The van der Waals surface area contributed by atoms with Gasteiger partial charge in [0.05, 0.1) is 5.69 Å². The maximum Gasteiger partial charge on any atom is 0.159 e. The van der Waals surface area contributed by atoms with Crippen LogP contribution < -0.4 is 10.1 Å². The van der Waals surface area contributed by atoms with Crippen LogP contribution in [0.25, 0.3) is 0 Å². The molecule has 14 heavy (non-hydrogen) atoms. The van der Waals surface area contributed by atoms with E-state index in [1.165, 1.54) is 0 Å². The third kappa shape index (κ3) is 1.99. The van der Waals surface area contributed by atoms with Gasteiger partial charge in [-0.2, -0.15) is 0 Å². The van der Waals surface area contributed by atoms with Crippen LogP contribution in [-0.2, 0) is 0 Å². The molecule has 0 bridgehead atoms. The van der Waals surface area contributed by atoms with Gasteiger partial charge in [0, 0.05) is 12.1 Å². The Morgan fingerprint density at radius 2 is 2.29 bits per heavy atom. The van der Waals surface area contributed by atoms with Crippen molar-refractivity contribution in [2.45, 2.75) is 6.92 Å². The third-order valence-corrected chi connectivity index (χ3v) is 2.06. The highest BCUT2D eigenvalue weighted by Crippen LogP contribution is 2.27.